The van der Waals surface area contributed by atoms with E-state index in [-0.39, 0.29) is 12.0 Å². The second-order valence-corrected chi connectivity index (χ2v) is 9.51. The van der Waals surface area contributed by atoms with Crippen LogP contribution in [0.2, 0.25) is 0 Å². The maximum Gasteiger partial charge on any atom is 0.333 e. The lowest BCUT2D eigenvalue weighted by atomic mass is 9.68. The first-order chi connectivity index (χ1) is 14.6. The minimum atomic E-state index is -1.08. The van der Waals surface area contributed by atoms with Crippen molar-refractivity contribution in [2.24, 2.45) is 11.8 Å². The smallest absolute Gasteiger partial charge is 0.333 e. The van der Waals surface area contributed by atoms with Crippen LogP contribution in [0.5, 0.6) is 0 Å². The topological polar surface area (TPSA) is 91.3 Å². The summed E-state index contributed by atoms with van der Waals surface area (Å²) in [7, 11) is 3.03. The Balaban J connectivity index is 2.23. The number of ether oxygens (including phenoxy) is 4. The lowest BCUT2D eigenvalue weighted by Gasteiger charge is -2.46. The highest BCUT2D eigenvalue weighted by Crippen LogP contribution is 2.50. The van der Waals surface area contributed by atoms with Crippen molar-refractivity contribution in [1.82, 2.24) is 0 Å². The molecule has 174 valence electrons. The van der Waals surface area contributed by atoms with Crippen LogP contribution in [0, 0.1) is 11.8 Å². The van der Waals surface area contributed by atoms with Gasteiger partial charge in [0.1, 0.15) is 17.5 Å². The molecule has 1 aliphatic carbocycles. The molecule has 2 aliphatic heterocycles. The van der Waals surface area contributed by atoms with E-state index in [1.54, 1.807) is 7.11 Å². The van der Waals surface area contributed by atoms with E-state index in [0.29, 0.717) is 43.4 Å². The van der Waals surface area contributed by atoms with Crippen molar-refractivity contribution in [3.05, 3.63) is 23.0 Å². The molecule has 5 atom stereocenters. The maximum absolute atomic E-state index is 12.6. The van der Waals surface area contributed by atoms with Crippen LogP contribution in [-0.4, -0.2) is 54.7 Å². The minimum Gasteiger partial charge on any atom is -0.487 e. The summed E-state index contributed by atoms with van der Waals surface area (Å²) >= 11 is 0. The van der Waals surface area contributed by atoms with Crippen molar-refractivity contribution in [1.29, 1.82) is 0 Å². The normalized spacial score (nSPS) is 37.4. The molecule has 3 rings (SSSR count). The number of hydrogen-bond acceptors (Lipinski definition) is 7. The van der Waals surface area contributed by atoms with Gasteiger partial charge in [-0.25, -0.2) is 4.79 Å². The summed E-state index contributed by atoms with van der Waals surface area (Å²) in [5, 5.41) is 11.8. The number of hydrogen-bond donors (Lipinski definition) is 1. The standard InChI is InChI=1S/C24H36O7/c1-14(2)24(27)12-9-17-19(28-5)10-11-23(4)20(30-15(3)25)8-7-16(22(26)29-6)13-18(24)21(17)31-23/h13-14,18-20,27H,7-12H2,1-6H3/b16-13+/t18-,19-,20-,23+,24+/m0/s1. The average molecular weight is 437 g/mol. The molecule has 0 aromatic carbocycles. The Morgan fingerprint density at radius 2 is 1.90 bits per heavy atom. The van der Waals surface area contributed by atoms with Crippen molar-refractivity contribution in [3.63, 3.8) is 0 Å². The zero-order valence-corrected chi connectivity index (χ0v) is 19.5. The fourth-order valence-corrected chi connectivity index (χ4v) is 5.30. The molecule has 2 heterocycles. The van der Waals surface area contributed by atoms with Crippen LogP contribution >= 0.6 is 0 Å². The maximum atomic E-state index is 12.6. The van der Waals surface area contributed by atoms with Crippen LogP contribution in [0.25, 0.3) is 0 Å². The molecule has 2 bridgehead atoms. The molecule has 0 saturated heterocycles. The van der Waals surface area contributed by atoms with Crippen LogP contribution < -0.4 is 0 Å². The summed E-state index contributed by atoms with van der Waals surface area (Å²) in [5.74, 6) is -0.765. The summed E-state index contributed by atoms with van der Waals surface area (Å²) in [6.45, 7) is 7.30. The number of carbonyl (C=O) groups is 2. The lowest BCUT2D eigenvalue weighted by Crippen LogP contribution is -2.49. The molecule has 0 amide bonds. The van der Waals surface area contributed by atoms with Gasteiger partial charge in [0, 0.05) is 19.6 Å². The van der Waals surface area contributed by atoms with E-state index >= 15 is 0 Å². The summed E-state index contributed by atoms with van der Waals surface area (Å²) < 4.78 is 23.3. The van der Waals surface area contributed by atoms with Crippen molar-refractivity contribution < 1.29 is 33.6 Å². The monoisotopic (exact) mass is 436 g/mol. The third-order valence-corrected chi connectivity index (χ3v) is 7.33. The predicted octanol–water partition coefficient (Wildman–Crippen LogP) is 3.45. The molecule has 0 spiro atoms. The van der Waals surface area contributed by atoms with Gasteiger partial charge in [0.25, 0.3) is 0 Å². The van der Waals surface area contributed by atoms with Crippen LogP contribution in [-0.2, 0) is 28.5 Å². The highest BCUT2D eigenvalue weighted by molar-refractivity contribution is 5.88. The first-order valence-corrected chi connectivity index (χ1v) is 11.2. The molecular formula is C24H36O7. The molecule has 7 nitrogen and oxygen atoms in total. The van der Waals surface area contributed by atoms with Gasteiger partial charge in [-0.3, -0.25) is 4.79 Å². The Hall–Kier alpha value is -1.86. The first-order valence-electron chi connectivity index (χ1n) is 11.2. The summed E-state index contributed by atoms with van der Waals surface area (Å²) in [5.41, 5.74) is -0.398. The van der Waals surface area contributed by atoms with E-state index in [1.807, 2.05) is 26.8 Å². The van der Waals surface area contributed by atoms with Crippen LogP contribution in [0.3, 0.4) is 0 Å². The van der Waals surface area contributed by atoms with E-state index < -0.39 is 35.2 Å². The van der Waals surface area contributed by atoms with Crippen molar-refractivity contribution >= 4 is 11.9 Å². The van der Waals surface area contributed by atoms with E-state index in [9.17, 15) is 14.7 Å². The second kappa shape index (κ2) is 8.94. The van der Waals surface area contributed by atoms with E-state index in [1.165, 1.54) is 14.0 Å². The third kappa shape index (κ3) is 4.40. The molecule has 0 aromatic rings. The van der Waals surface area contributed by atoms with E-state index in [0.717, 1.165) is 12.0 Å². The van der Waals surface area contributed by atoms with Crippen molar-refractivity contribution in [2.75, 3.05) is 14.2 Å². The Bertz CT molecular complexity index is 783. The summed E-state index contributed by atoms with van der Waals surface area (Å²) in [4.78, 5) is 24.5. The molecule has 0 saturated carbocycles. The fourth-order valence-electron chi connectivity index (χ4n) is 5.30. The van der Waals surface area contributed by atoms with Gasteiger partial charge in [-0.2, -0.15) is 0 Å². The van der Waals surface area contributed by atoms with E-state index in [4.69, 9.17) is 18.9 Å². The molecule has 0 radical (unpaired) electrons. The van der Waals surface area contributed by atoms with Crippen LogP contribution in [0.15, 0.2) is 23.0 Å². The quantitative estimate of drug-likeness (QED) is 0.675. The fraction of sp³-hybridized carbons (Fsp3) is 0.750. The summed E-state index contributed by atoms with van der Waals surface area (Å²) in [6.07, 6.45) is 4.45. The number of esters is 2. The highest BCUT2D eigenvalue weighted by Gasteiger charge is 2.52. The molecule has 31 heavy (non-hydrogen) atoms. The van der Waals surface area contributed by atoms with Gasteiger partial charge in [-0.15, -0.1) is 0 Å². The Kier molecular flexibility index (Phi) is 6.87. The first kappa shape index (κ1) is 23.8. The molecule has 3 aliphatic rings. The number of methoxy groups -OCH3 is 2. The highest BCUT2D eigenvalue weighted by atomic mass is 16.6. The lowest BCUT2D eigenvalue weighted by molar-refractivity contribution is -0.168. The Morgan fingerprint density at radius 1 is 1.19 bits per heavy atom. The van der Waals surface area contributed by atoms with Gasteiger partial charge >= 0.3 is 11.9 Å². The summed E-state index contributed by atoms with van der Waals surface area (Å²) in [6, 6.07) is 0. The largest absolute Gasteiger partial charge is 0.487 e. The number of carbonyl (C=O) groups excluding carboxylic acids is 2. The zero-order chi connectivity index (χ0) is 23.0. The van der Waals surface area contributed by atoms with Crippen molar-refractivity contribution in [2.45, 2.75) is 89.6 Å². The van der Waals surface area contributed by atoms with Crippen molar-refractivity contribution in [3.8, 4) is 0 Å². The molecule has 1 N–H and O–H groups in total. The van der Waals surface area contributed by atoms with Gasteiger partial charge in [0.15, 0.2) is 0 Å². The zero-order valence-electron chi connectivity index (χ0n) is 19.5. The van der Waals surface area contributed by atoms with Gasteiger partial charge < -0.3 is 24.1 Å². The Labute approximate surface area is 184 Å². The average Bonchev–Trinajstić information content (AvgIpc) is 2.82. The predicted molar refractivity (Wildman–Crippen MR) is 114 cm³/mol. The van der Waals surface area contributed by atoms with Gasteiger partial charge in [0.05, 0.1) is 24.7 Å². The molecule has 0 unspecified atom stereocenters. The second-order valence-electron chi connectivity index (χ2n) is 9.51. The van der Waals surface area contributed by atoms with Crippen LogP contribution in [0.4, 0.5) is 0 Å². The number of rotatable bonds is 4. The van der Waals surface area contributed by atoms with Crippen LogP contribution in [0.1, 0.15) is 66.2 Å². The van der Waals surface area contributed by atoms with Gasteiger partial charge in [-0.1, -0.05) is 19.9 Å². The molecule has 7 heteroatoms. The molecule has 0 fully saturated rings. The number of fused-ring (bicyclic) bond motifs is 1. The Morgan fingerprint density at radius 3 is 2.48 bits per heavy atom. The molecule has 0 aromatic heterocycles. The minimum absolute atomic E-state index is 0.0641. The molecular weight excluding hydrogens is 400 g/mol. The van der Waals surface area contributed by atoms with Gasteiger partial charge in [0.2, 0.25) is 0 Å². The van der Waals surface area contributed by atoms with Gasteiger partial charge in [-0.05, 0) is 56.9 Å². The SMILES string of the molecule is COC(=O)/C1=C/[C@H]2C3=C(CC[C@@]2(O)C(C)C)[C@@H](OC)CC[C@@](C)(O3)[C@@H](OC(C)=O)CC1. The number of aliphatic hydroxyl groups is 1. The third-order valence-electron chi connectivity index (χ3n) is 7.33. The van der Waals surface area contributed by atoms with E-state index in [2.05, 4.69) is 0 Å².